The number of esters is 4. The molecule has 1 fully saturated rings. The van der Waals surface area contributed by atoms with Crippen molar-refractivity contribution in [2.75, 3.05) is 19.0 Å². The zero-order valence-electron chi connectivity index (χ0n) is 26.8. The molecule has 15 heteroatoms. The second-order valence-electron chi connectivity index (χ2n) is 10.8. The minimum Gasteiger partial charge on any atom is -0.466 e. The molecule has 0 amide bonds. The van der Waals surface area contributed by atoms with Gasteiger partial charge in [0.2, 0.25) is 0 Å². The monoisotopic (exact) mass is 703 g/mol. The van der Waals surface area contributed by atoms with Gasteiger partial charge in [-0.2, -0.15) is 9.78 Å². The lowest BCUT2D eigenvalue weighted by atomic mass is 10.1. The van der Waals surface area contributed by atoms with Crippen molar-refractivity contribution in [1.82, 2.24) is 14.8 Å². The first-order chi connectivity index (χ1) is 24.2. The minimum absolute atomic E-state index is 0.111. The summed E-state index contributed by atoms with van der Waals surface area (Å²) in [5.41, 5.74) is -1.23. The lowest BCUT2D eigenvalue weighted by molar-refractivity contribution is -0.143. The normalized spacial score (nSPS) is 18.2. The largest absolute Gasteiger partial charge is 0.466 e. The first-order valence-electron chi connectivity index (χ1n) is 15.7. The Morgan fingerprint density at radius 1 is 0.780 bits per heavy atom. The van der Waals surface area contributed by atoms with Gasteiger partial charge in [0.05, 0.1) is 23.3 Å². The zero-order valence-corrected chi connectivity index (χ0v) is 27.6. The lowest BCUT2D eigenvalue weighted by Gasteiger charge is -2.24. The number of rotatable bonds is 14. The van der Waals surface area contributed by atoms with E-state index in [1.165, 1.54) is 24.3 Å². The van der Waals surface area contributed by atoms with E-state index in [1.54, 1.807) is 73.7 Å². The van der Waals surface area contributed by atoms with Crippen LogP contribution >= 0.6 is 11.8 Å². The highest BCUT2D eigenvalue weighted by Crippen LogP contribution is 2.34. The highest BCUT2D eigenvalue weighted by atomic mass is 32.2. The average molecular weight is 704 g/mol. The van der Waals surface area contributed by atoms with Crippen molar-refractivity contribution in [3.63, 3.8) is 0 Å². The Balaban J connectivity index is 1.48. The number of thioether (sulfide) groups is 1. The summed E-state index contributed by atoms with van der Waals surface area (Å²) in [5.74, 6) is -2.46. The minimum atomic E-state index is -1.56. The molecule has 3 aromatic carbocycles. The predicted octanol–water partition coefficient (Wildman–Crippen LogP) is 3.57. The van der Waals surface area contributed by atoms with Crippen LogP contribution in [0.3, 0.4) is 0 Å². The number of nitrogens with one attached hydrogen (secondary N) is 1. The van der Waals surface area contributed by atoms with E-state index in [9.17, 15) is 28.8 Å². The molecule has 1 saturated heterocycles. The van der Waals surface area contributed by atoms with Gasteiger partial charge in [-0.3, -0.25) is 14.6 Å². The van der Waals surface area contributed by atoms with Crippen molar-refractivity contribution < 1.29 is 42.9 Å². The van der Waals surface area contributed by atoms with E-state index in [2.05, 4.69) is 10.1 Å². The quantitative estimate of drug-likeness (QED) is 0.0872. The highest BCUT2D eigenvalue weighted by Gasteiger charge is 2.52. The molecule has 260 valence electrons. The Labute approximate surface area is 289 Å². The second kappa shape index (κ2) is 17.2. The average Bonchev–Trinajstić information content (AvgIpc) is 3.46. The number of aromatic amines is 1. The van der Waals surface area contributed by atoms with Crippen molar-refractivity contribution in [2.45, 2.75) is 49.3 Å². The summed E-state index contributed by atoms with van der Waals surface area (Å²) < 4.78 is 29.1. The molecule has 1 aliphatic heterocycles. The van der Waals surface area contributed by atoms with Crippen LogP contribution in [0, 0.1) is 0 Å². The van der Waals surface area contributed by atoms with Crippen molar-refractivity contribution >= 4 is 35.6 Å². The van der Waals surface area contributed by atoms with Crippen molar-refractivity contribution in [2.24, 2.45) is 0 Å². The van der Waals surface area contributed by atoms with Gasteiger partial charge < -0.3 is 23.7 Å². The molecule has 4 atom stereocenters. The summed E-state index contributed by atoms with van der Waals surface area (Å²) in [6, 6.07) is 24.1. The molecule has 1 aromatic heterocycles. The number of nitrogens with zero attached hydrogens (tertiary/aromatic N) is 2. The third kappa shape index (κ3) is 9.12. The SMILES string of the molecule is CCOC(=O)CCCSc1nn(C2OC(COC(=O)c3ccccc3)C(OC(=O)c3ccccc3)C2OC(=O)c2ccccc2)c(=O)[nH]c1=O. The summed E-state index contributed by atoms with van der Waals surface area (Å²) in [6.45, 7) is 1.45. The standard InChI is InChI=1S/C35H33N3O11S/c1-2-45-26(39)19-12-20-50-30-29(40)36-35(44)38(37-30)31-28(49-34(43)24-17-10-5-11-18-24)27(48-33(42)23-15-8-4-9-16-23)25(47-31)21-46-32(41)22-13-6-3-7-14-22/h3-11,13-18,25,27-28,31H,2,12,19-21H2,1H3,(H,36,40,44). The summed E-state index contributed by atoms with van der Waals surface area (Å²) >= 11 is 0.982. The van der Waals surface area contributed by atoms with Crippen LogP contribution in [0.25, 0.3) is 0 Å². The molecule has 4 aromatic rings. The summed E-state index contributed by atoms with van der Waals surface area (Å²) in [5, 5.41) is 4.09. The number of benzene rings is 3. The molecule has 0 saturated carbocycles. The van der Waals surface area contributed by atoms with Gasteiger partial charge in [0.1, 0.15) is 12.7 Å². The van der Waals surface area contributed by atoms with Gasteiger partial charge in [-0.1, -0.05) is 66.4 Å². The fourth-order valence-electron chi connectivity index (χ4n) is 4.94. The number of carbonyl (C=O) groups excluding carboxylic acids is 4. The fraction of sp³-hybridized carbons (Fsp3) is 0.286. The summed E-state index contributed by atoms with van der Waals surface area (Å²) in [4.78, 5) is 79.5. The van der Waals surface area contributed by atoms with E-state index in [0.717, 1.165) is 16.4 Å². The van der Waals surface area contributed by atoms with Gasteiger partial charge in [0, 0.05) is 12.2 Å². The van der Waals surface area contributed by atoms with Crippen LogP contribution in [0.2, 0.25) is 0 Å². The first-order valence-corrected chi connectivity index (χ1v) is 16.6. The smallest absolute Gasteiger partial charge is 0.347 e. The van der Waals surface area contributed by atoms with E-state index >= 15 is 0 Å². The van der Waals surface area contributed by atoms with Gasteiger partial charge in [0.15, 0.2) is 23.5 Å². The Bertz CT molecular complexity index is 1900. The maximum absolute atomic E-state index is 13.4. The topological polar surface area (TPSA) is 182 Å². The van der Waals surface area contributed by atoms with Crippen LogP contribution in [0.1, 0.15) is 57.1 Å². The number of ether oxygens (including phenoxy) is 5. The van der Waals surface area contributed by atoms with Gasteiger partial charge >= 0.3 is 29.6 Å². The lowest BCUT2D eigenvalue weighted by Crippen LogP contribution is -2.44. The zero-order chi connectivity index (χ0) is 35.5. The van der Waals surface area contributed by atoms with E-state index in [4.69, 9.17) is 23.7 Å². The number of H-pyrrole nitrogens is 1. The van der Waals surface area contributed by atoms with Crippen molar-refractivity contribution in [3.8, 4) is 0 Å². The molecule has 0 aliphatic carbocycles. The van der Waals surface area contributed by atoms with Crippen molar-refractivity contribution in [1.29, 1.82) is 0 Å². The Morgan fingerprint density at radius 2 is 1.32 bits per heavy atom. The highest BCUT2D eigenvalue weighted by molar-refractivity contribution is 7.99. The van der Waals surface area contributed by atoms with Crippen LogP contribution < -0.4 is 11.2 Å². The van der Waals surface area contributed by atoms with Crippen LogP contribution in [-0.4, -0.2) is 75.9 Å². The first kappa shape index (κ1) is 35.8. The second-order valence-corrected chi connectivity index (χ2v) is 11.9. The van der Waals surface area contributed by atoms with E-state index < -0.39 is 66.3 Å². The third-order valence-electron chi connectivity index (χ3n) is 7.31. The van der Waals surface area contributed by atoms with Gasteiger partial charge in [-0.15, -0.1) is 0 Å². The van der Waals surface area contributed by atoms with E-state index in [0.29, 0.717) is 6.42 Å². The number of aromatic nitrogens is 3. The van der Waals surface area contributed by atoms with E-state index in [-0.39, 0.29) is 40.5 Å². The molecule has 14 nitrogen and oxygen atoms in total. The Kier molecular flexibility index (Phi) is 12.3. The molecule has 1 aliphatic rings. The predicted molar refractivity (Wildman–Crippen MR) is 178 cm³/mol. The molecule has 0 bridgehead atoms. The van der Waals surface area contributed by atoms with Crippen molar-refractivity contribution in [3.05, 3.63) is 129 Å². The summed E-state index contributed by atoms with van der Waals surface area (Å²) in [6.07, 6.45) is -5.30. The molecule has 2 heterocycles. The van der Waals surface area contributed by atoms with Crippen LogP contribution in [0.5, 0.6) is 0 Å². The number of hydrogen-bond acceptors (Lipinski definition) is 13. The molecular formula is C35H33N3O11S. The summed E-state index contributed by atoms with van der Waals surface area (Å²) in [7, 11) is 0. The molecule has 5 rings (SSSR count). The van der Waals surface area contributed by atoms with E-state index in [1.807, 2.05) is 0 Å². The Hall–Kier alpha value is -5.54. The molecule has 0 spiro atoms. The molecule has 1 N–H and O–H groups in total. The van der Waals surface area contributed by atoms with Crippen LogP contribution in [0.4, 0.5) is 0 Å². The molecular weight excluding hydrogens is 670 g/mol. The van der Waals surface area contributed by atoms with Gasteiger partial charge in [-0.25, -0.2) is 19.2 Å². The maximum Gasteiger partial charge on any atom is 0.347 e. The van der Waals surface area contributed by atoms with Gasteiger partial charge in [-0.05, 0) is 49.7 Å². The molecule has 4 unspecified atom stereocenters. The number of hydrogen-bond donors (Lipinski definition) is 1. The maximum atomic E-state index is 13.4. The molecule has 50 heavy (non-hydrogen) atoms. The Morgan fingerprint density at radius 3 is 1.88 bits per heavy atom. The number of carbonyl (C=O) groups is 4. The van der Waals surface area contributed by atoms with Crippen LogP contribution in [-0.2, 0) is 28.5 Å². The fourth-order valence-corrected chi connectivity index (χ4v) is 5.75. The van der Waals surface area contributed by atoms with Crippen LogP contribution in [0.15, 0.2) is 106 Å². The molecule has 0 radical (unpaired) electrons. The van der Waals surface area contributed by atoms with Gasteiger partial charge in [0.25, 0.3) is 5.56 Å². The third-order valence-corrected chi connectivity index (χ3v) is 8.34.